The Morgan fingerprint density at radius 2 is 1.27 bits per heavy atom. The predicted octanol–water partition coefficient (Wildman–Crippen LogP) is 4.31. The van der Waals surface area contributed by atoms with Gasteiger partial charge in [0, 0.05) is 6.08 Å². The van der Waals surface area contributed by atoms with Gasteiger partial charge >= 0.3 is 0 Å². The van der Waals surface area contributed by atoms with Crippen LogP contribution in [0.25, 0.3) is 17.2 Å². The Morgan fingerprint density at radius 3 is 1.85 bits per heavy atom. The van der Waals surface area contributed by atoms with E-state index in [4.69, 9.17) is 5.21 Å². The molecule has 1 amide bonds. The molecule has 0 aliphatic heterocycles. The van der Waals surface area contributed by atoms with Gasteiger partial charge in [-0.25, -0.2) is 5.48 Å². The Morgan fingerprint density at radius 1 is 0.731 bits per heavy atom. The van der Waals surface area contributed by atoms with Crippen LogP contribution in [0.1, 0.15) is 5.56 Å². The summed E-state index contributed by atoms with van der Waals surface area (Å²) in [5, 5.41) is 8.45. The highest BCUT2D eigenvalue weighted by atomic mass is 16.5. The first-order valence-corrected chi connectivity index (χ1v) is 8.14. The van der Waals surface area contributed by atoms with Crippen LogP contribution >= 0.6 is 0 Å². The molecule has 0 spiro atoms. The number of benzene rings is 3. The van der Waals surface area contributed by atoms with E-state index in [2.05, 4.69) is 35.1 Å². The molecular weight excluding hydrogens is 326 g/mol. The maximum Gasteiger partial charge on any atom is 0.267 e. The van der Waals surface area contributed by atoms with Crippen LogP contribution in [-0.2, 0) is 4.79 Å². The fourth-order valence-corrected chi connectivity index (χ4v) is 2.41. The normalized spacial score (nSPS) is 10.5. The smallest absolute Gasteiger partial charge is 0.267 e. The van der Waals surface area contributed by atoms with Crippen molar-refractivity contribution < 1.29 is 10.0 Å². The number of nitrogens with one attached hydrogen (secondary N) is 3. The minimum atomic E-state index is -0.562. The number of amides is 1. The fourth-order valence-electron chi connectivity index (χ4n) is 2.41. The van der Waals surface area contributed by atoms with E-state index in [9.17, 15) is 4.79 Å². The van der Waals surface area contributed by atoms with E-state index in [0.717, 1.165) is 16.9 Å². The first kappa shape index (κ1) is 17.3. The summed E-state index contributed by atoms with van der Waals surface area (Å²) in [6.45, 7) is 0. The molecule has 0 aromatic heterocycles. The van der Waals surface area contributed by atoms with Crippen molar-refractivity contribution in [1.29, 1.82) is 0 Å². The molecule has 0 aliphatic rings. The summed E-state index contributed by atoms with van der Waals surface area (Å²) in [5.74, 6) is -0.562. The molecule has 0 unspecified atom stereocenters. The molecule has 130 valence electrons. The topological polar surface area (TPSA) is 73.4 Å². The van der Waals surface area contributed by atoms with Crippen LogP contribution in [0.5, 0.6) is 0 Å². The molecule has 5 nitrogen and oxygen atoms in total. The molecule has 4 N–H and O–H groups in total. The summed E-state index contributed by atoms with van der Waals surface area (Å²) in [5.41, 5.74) is 12.9. The first-order chi connectivity index (χ1) is 12.7. The molecule has 3 aromatic rings. The summed E-state index contributed by atoms with van der Waals surface area (Å²) in [6, 6.07) is 25.9. The number of anilines is 2. The van der Waals surface area contributed by atoms with Crippen molar-refractivity contribution in [3.05, 3.63) is 90.5 Å². The van der Waals surface area contributed by atoms with Crippen LogP contribution < -0.4 is 16.3 Å². The Labute approximate surface area is 151 Å². The molecule has 0 heterocycles. The van der Waals surface area contributed by atoms with Gasteiger partial charge in [0.25, 0.3) is 5.91 Å². The average Bonchev–Trinajstić information content (AvgIpc) is 2.72. The predicted molar refractivity (Wildman–Crippen MR) is 105 cm³/mol. The van der Waals surface area contributed by atoms with Gasteiger partial charge in [-0.1, -0.05) is 54.6 Å². The molecule has 3 aromatic carbocycles. The monoisotopic (exact) mass is 345 g/mol. The van der Waals surface area contributed by atoms with Gasteiger partial charge in [-0.3, -0.25) is 10.0 Å². The van der Waals surface area contributed by atoms with E-state index in [1.54, 1.807) is 11.6 Å². The van der Waals surface area contributed by atoms with E-state index >= 15 is 0 Å². The van der Waals surface area contributed by atoms with Crippen LogP contribution in [0.3, 0.4) is 0 Å². The highest BCUT2D eigenvalue weighted by Crippen LogP contribution is 2.21. The summed E-state index contributed by atoms with van der Waals surface area (Å²) in [4.78, 5) is 11.0. The van der Waals surface area contributed by atoms with Gasteiger partial charge in [0.1, 0.15) is 0 Å². The second-order valence-corrected chi connectivity index (χ2v) is 5.62. The highest BCUT2D eigenvalue weighted by Gasteiger charge is 1.98. The number of hydrogen-bond acceptors (Lipinski definition) is 4. The third kappa shape index (κ3) is 4.72. The minimum absolute atomic E-state index is 0.562. The maximum atomic E-state index is 11.0. The van der Waals surface area contributed by atoms with Crippen molar-refractivity contribution in [2.75, 3.05) is 10.9 Å². The van der Waals surface area contributed by atoms with Crippen molar-refractivity contribution in [1.82, 2.24) is 5.48 Å². The Hall–Kier alpha value is -3.57. The zero-order valence-corrected chi connectivity index (χ0v) is 14.0. The molecule has 26 heavy (non-hydrogen) atoms. The molecule has 0 saturated heterocycles. The lowest BCUT2D eigenvalue weighted by Crippen LogP contribution is -2.14. The van der Waals surface area contributed by atoms with Crippen molar-refractivity contribution >= 4 is 23.4 Å². The van der Waals surface area contributed by atoms with E-state index in [1.165, 1.54) is 17.2 Å². The van der Waals surface area contributed by atoms with Crippen LogP contribution in [0.15, 0.2) is 84.9 Å². The molecule has 0 saturated carbocycles. The first-order valence-electron chi connectivity index (χ1n) is 8.14. The van der Waals surface area contributed by atoms with Gasteiger partial charge in [0.05, 0.1) is 11.4 Å². The number of hydrogen-bond donors (Lipinski definition) is 4. The van der Waals surface area contributed by atoms with Gasteiger partial charge in [0.2, 0.25) is 0 Å². The van der Waals surface area contributed by atoms with E-state index < -0.39 is 5.91 Å². The molecule has 0 bridgehead atoms. The largest absolute Gasteiger partial charge is 0.301 e. The van der Waals surface area contributed by atoms with Crippen LogP contribution in [0.2, 0.25) is 0 Å². The van der Waals surface area contributed by atoms with Gasteiger partial charge in [-0.05, 0) is 47.0 Å². The van der Waals surface area contributed by atoms with Crippen molar-refractivity contribution in [2.24, 2.45) is 0 Å². The molecule has 3 rings (SSSR count). The number of hydrazine groups is 1. The second-order valence-electron chi connectivity index (χ2n) is 5.62. The number of carbonyl (C=O) groups is 1. The molecule has 0 atom stereocenters. The lowest BCUT2D eigenvalue weighted by molar-refractivity contribution is -0.124. The summed E-state index contributed by atoms with van der Waals surface area (Å²) < 4.78 is 0. The lowest BCUT2D eigenvalue weighted by Gasteiger charge is -2.11. The zero-order chi connectivity index (χ0) is 18.2. The molecule has 5 heteroatoms. The Balaban J connectivity index is 1.57. The molecule has 0 fully saturated rings. The van der Waals surface area contributed by atoms with Gasteiger partial charge in [-0.15, -0.1) is 0 Å². The van der Waals surface area contributed by atoms with Crippen molar-refractivity contribution in [3.8, 4) is 11.1 Å². The maximum absolute atomic E-state index is 11.0. The van der Waals surface area contributed by atoms with Gasteiger partial charge in [0.15, 0.2) is 0 Å². The fraction of sp³-hybridized carbons (Fsp3) is 0. The van der Waals surface area contributed by atoms with E-state index in [0.29, 0.717) is 0 Å². The molecular formula is C21H19N3O2. The quantitative estimate of drug-likeness (QED) is 0.305. The molecule has 0 aliphatic carbocycles. The summed E-state index contributed by atoms with van der Waals surface area (Å²) in [7, 11) is 0. The van der Waals surface area contributed by atoms with Crippen LogP contribution in [0.4, 0.5) is 11.4 Å². The number of carbonyl (C=O) groups excluding carboxylic acids is 1. The SMILES string of the molecule is O=C(/C=C/c1ccc(NNc2ccc(-c3ccccc3)cc2)cc1)NO. The van der Waals surface area contributed by atoms with E-state index in [-0.39, 0.29) is 0 Å². The number of rotatable bonds is 6. The molecule has 0 radical (unpaired) electrons. The summed E-state index contributed by atoms with van der Waals surface area (Å²) >= 11 is 0. The van der Waals surface area contributed by atoms with Crippen molar-refractivity contribution in [2.45, 2.75) is 0 Å². The van der Waals surface area contributed by atoms with E-state index in [1.807, 2.05) is 54.6 Å². The third-order valence-corrected chi connectivity index (χ3v) is 3.79. The Kier molecular flexibility index (Phi) is 5.65. The highest BCUT2D eigenvalue weighted by molar-refractivity contribution is 5.90. The Bertz CT molecular complexity index is 873. The average molecular weight is 345 g/mol. The minimum Gasteiger partial charge on any atom is -0.301 e. The number of hydroxylamine groups is 1. The lowest BCUT2D eigenvalue weighted by atomic mass is 10.1. The summed E-state index contributed by atoms with van der Waals surface area (Å²) in [6.07, 6.45) is 2.88. The van der Waals surface area contributed by atoms with Gasteiger partial charge < -0.3 is 10.9 Å². The standard InChI is InChI=1S/C21H19N3O2/c25-21(24-26)15-8-16-6-11-19(12-7-16)22-23-20-13-9-18(10-14-20)17-4-2-1-3-5-17/h1-15,22-23,26H,(H,24,25)/b15-8+. The van der Waals surface area contributed by atoms with Crippen molar-refractivity contribution in [3.63, 3.8) is 0 Å². The zero-order valence-electron chi connectivity index (χ0n) is 14.0. The van der Waals surface area contributed by atoms with Crippen LogP contribution in [-0.4, -0.2) is 11.1 Å². The second kappa shape index (κ2) is 8.50. The third-order valence-electron chi connectivity index (χ3n) is 3.79. The van der Waals surface area contributed by atoms with Crippen LogP contribution in [0, 0.1) is 0 Å². The van der Waals surface area contributed by atoms with Gasteiger partial charge in [-0.2, -0.15) is 0 Å².